The quantitative estimate of drug-likeness (QED) is 0.834. The molecule has 1 aliphatic carbocycles. The summed E-state index contributed by atoms with van der Waals surface area (Å²) in [5.41, 5.74) is 0.375. The molecule has 1 heterocycles. The van der Waals surface area contributed by atoms with Crippen molar-refractivity contribution >= 4 is 11.7 Å². The van der Waals surface area contributed by atoms with Crippen molar-refractivity contribution in [1.29, 1.82) is 0 Å². The normalized spacial score (nSPS) is 16.8. The Kier molecular flexibility index (Phi) is 4.12. The van der Waals surface area contributed by atoms with Gasteiger partial charge in [-0.1, -0.05) is 6.42 Å². The van der Waals surface area contributed by atoms with Crippen LogP contribution in [0.1, 0.15) is 43.6 Å². The lowest BCUT2D eigenvalue weighted by atomic mass is 9.80. The van der Waals surface area contributed by atoms with Gasteiger partial charge in [-0.15, -0.1) is 0 Å². The molecule has 0 saturated heterocycles. The summed E-state index contributed by atoms with van der Waals surface area (Å²) in [6.45, 7) is 4.80. The summed E-state index contributed by atoms with van der Waals surface area (Å²) in [5.74, 6) is 1.13. The molecule has 0 aromatic carbocycles. The number of carbonyl (C=O) groups excluding carboxylic acids is 1. The second kappa shape index (κ2) is 5.80. The molecule has 1 aliphatic rings. The monoisotopic (exact) mass is 248 g/mol. The highest BCUT2D eigenvalue weighted by Gasteiger charge is 2.25. The van der Waals surface area contributed by atoms with Gasteiger partial charge in [-0.2, -0.15) is 0 Å². The molecule has 98 valence electrons. The Morgan fingerprint density at radius 1 is 1.50 bits per heavy atom. The molecule has 0 bridgehead atoms. The minimum atomic E-state index is -0.137. The van der Waals surface area contributed by atoms with E-state index in [1.54, 1.807) is 6.20 Å². The van der Waals surface area contributed by atoms with Crippen molar-refractivity contribution in [3.05, 3.63) is 18.1 Å². The number of amides is 1. The van der Waals surface area contributed by atoms with Gasteiger partial charge in [0, 0.05) is 12.6 Å². The van der Waals surface area contributed by atoms with Crippen molar-refractivity contribution in [1.82, 2.24) is 15.3 Å². The number of nitrogens with zero attached hydrogens (tertiary/aromatic N) is 2. The van der Waals surface area contributed by atoms with Gasteiger partial charge < -0.3 is 10.6 Å². The Bertz CT molecular complexity index is 417. The first-order chi connectivity index (χ1) is 8.70. The van der Waals surface area contributed by atoms with Crippen molar-refractivity contribution in [3.63, 3.8) is 0 Å². The van der Waals surface area contributed by atoms with Gasteiger partial charge in [-0.3, -0.25) is 9.78 Å². The zero-order valence-corrected chi connectivity index (χ0v) is 10.9. The van der Waals surface area contributed by atoms with Crippen LogP contribution in [0.2, 0.25) is 0 Å². The molecule has 1 unspecified atom stereocenters. The highest BCUT2D eigenvalue weighted by molar-refractivity contribution is 5.92. The first kappa shape index (κ1) is 12.8. The first-order valence-electron chi connectivity index (χ1n) is 6.57. The second-order valence-corrected chi connectivity index (χ2v) is 4.77. The van der Waals surface area contributed by atoms with Crippen LogP contribution in [0, 0.1) is 5.92 Å². The molecule has 2 rings (SSSR count). The number of aromatic nitrogens is 2. The number of nitrogens with one attached hydrogen (secondary N) is 2. The van der Waals surface area contributed by atoms with E-state index in [0.717, 1.165) is 6.54 Å². The van der Waals surface area contributed by atoms with Crippen LogP contribution >= 0.6 is 0 Å². The van der Waals surface area contributed by atoms with E-state index < -0.39 is 0 Å². The van der Waals surface area contributed by atoms with Crippen LogP contribution in [0.4, 0.5) is 5.82 Å². The standard InChI is InChI=1S/C13H20N4O/c1-3-15-12-8-14-7-11(17-12)13(18)16-9(2)10-5-4-6-10/h7-10H,3-6H2,1-2H3,(H,15,17)(H,16,18). The summed E-state index contributed by atoms with van der Waals surface area (Å²) >= 11 is 0. The lowest BCUT2D eigenvalue weighted by molar-refractivity contribution is 0.0904. The van der Waals surface area contributed by atoms with E-state index in [-0.39, 0.29) is 11.9 Å². The minimum absolute atomic E-state index is 0.137. The predicted octanol–water partition coefficient (Wildman–Crippen LogP) is 1.83. The zero-order chi connectivity index (χ0) is 13.0. The van der Waals surface area contributed by atoms with Crippen molar-refractivity contribution in [3.8, 4) is 0 Å². The van der Waals surface area contributed by atoms with E-state index in [1.165, 1.54) is 25.5 Å². The van der Waals surface area contributed by atoms with Crippen molar-refractivity contribution in [2.45, 2.75) is 39.2 Å². The molecule has 2 N–H and O–H groups in total. The summed E-state index contributed by atoms with van der Waals surface area (Å²) in [5, 5.41) is 6.05. The first-order valence-corrected chi connectivity index (χ1v) is 6.57. The van der Waals surface area contributed by atoms with Gasteiger partial charge in [0.05, 0.1) is 12.4 Å². The van der Waals surface area contributed by atoms with Crippen molar-refractivity contribution in [2.24, 2.45) is 5.92 Å². The number of anilines is 1. The number of hydrogen-bond acceptors (Lipinski definition) is 4. The molecular formula is C13H20N4O. The van der Waals surface area contributed by atoms with Gasteiger partial charge >= 0.3 is 0 Å². The molecule has 1 amide bonds. The number of rotatable bonds is 5. The van der Waals surface area contributed by atoms with E-state index in [0.29, 0.717) is 17.4 Å². The molecule has 1 aromatic heterocycles. The van der Waals surface area contributed by atoms with Crippen molar-refractivity contribution in [2.75, 3.05) is 11.9 Å². The maximum atomic E-state index is 12.0. The Labute approximate surface area is 107 Å². The van der Waals surface area contributed by atoms with Gasteiger partial charge in [-0.05, 0) is 32.6 Å². The molecular weight excluding hydrogens is 228 g/mol. The predicted molar refractivity (Wildman–Crippen MR) is 70.5 cm³/mol. The van der Waals surface area contributed by atoms with Gasteiger partial charge in [0.15, 0.2) is 0 Å². The molecule has 1 atom stereocenters. The van der Waals surface area contributed by atoms with Crippen LogP contribution in [-0.4, -0.2) is 28.5 Å². The van der Waals surface area contributed by atoms with Gasteiger partial charge in [0.1, 0.15) is 11.5 Å². The molecule has 18 heavy (non-hydrogen) atoms. The van der Waals surface area contributed by atoms with E-state index in [4.69, 9.17) is 0 Å². The minimum Gasteiger partial charge on any atom is -0.369 e. The fourth-order valence-electron chi connectivity index (χ4n) is 2.08. The zero-order valence-electron chi connectivity index (χ0n) is 10.9. The summed E-state index contributed by atoms with van der Waals surface area (Å²) < 4.78 is 0. The Hall–Kier alpha value is -1.65. The van der Waals surface area contributed by atoms with Crippen LogP contribution in [-0.2, 0) is 0 Å². The molecule has 0 aliphatic heterocycles. The van der Waals surface area contributed by atoms with E-state index in [1.807, 2.05) is 6.92 Å². The molecule has 5 heteroatoms. The second-order valence-electron chi connectivity index (χ2n) is 4.77. The van der Waals surface area contributed by atoms with E-state index in [9.17, 15) is 4.79 Å². The molecule has 0 radical (unpaired) electrons. The van der Waals surface area contributed by atoms with Gasteiger partial charge in [0.2, 0.25) is 0 Å². The fraction of sp³-hybridized carbons (Fsp3) is 0.615. The van der Waals surface area contributed by atoms with E-state index >= 15 is 0 Å². The SMILES string of the molecule is CCNc1cncc(C(=O)NC(C)C2CCC2)n1. The third-order valence-corrected chi connectivity index (χ3v) is 3.44. The summed E-state index contributed by atoms with van der Waals surface area (Å²) in [6.07, 6.45) is 6.83. The van der Waals surface area contributed by atoms with Crippen LogP contribution < -0.4 is 10.6 Å². The molecule has 1 fully saturated rings. The van der Waals surface area contributed by atoms with Crippen LogP contribution in [0.25, 0.3) is 0 Å². The molecule has 1 aromatic rings. The Morgan fingerprint density at radius 2 is 2.28 bits per heavy atom. The van der Waals surface area contributed by atoms with Gasteiger partial charge in [-0.25, -0.2) is 4.98 Å². The van der Waals surface area contributed by atoms with Gasteiger partial charge in [0.25, 0.3) is 5.91 Å². The van der Waals surface area contributed by atoms with E-state index in [2.05, 4.69) is 27.5 Å². The van der Waals surface area contributed by atoms with Crippen LogP contribution in [0.5, 0.6) is 0 Å². The highest BCUT2D eigenvalue weighted by atomic mass is 16.1. The topological polar surface area (TPSA) is 66.9 Å². The summed E-state index contributed by atoms with van der Waals surface area (Å²) in [6, 6.07) is 0.218. The largest absolute Gasteiger partial charge is 0.369 e. The molecule has 1 saturated carbocycles. The maximum absolute atomic E-state index is 12.0. The molecule has 5 nitrogen and oxygen atoms in total. The van der Waals surface area contributed by atoms with Crippen LogP contribution in [0.15, 0.2) is 12.4 Å². The lowest BCUT2D eigenvalue weighted by Crippen LogP contribution is -2.41. The summed E-state index contributed by atoms with van der Waals surface area (Å²) in [4.78, 5) is 20.3. The number of carbonyl (C=O) groups is 1. The fourth-order valence-corrected chi connectivity index (χ4v) is 2.08. The third kappa shape index (κ3) is 2.97. The Morgan fingerprint density at radius 3 is 2.89 bits per heavy atom. The molecule has 0 spiro atoms. The average Bonchev–Trinajstić information content (AvgIpc) is 2.27. The highest BCUT2D eigenvalue weighted by Crippen LogP contribution is 2.29. The Balaban J connectivity index is 1.96. The summed E-state index contributed by atoms with van der Waals surface area (Å²) in [7, 11) is 0. The number of hydrogen-bond donors (Lipinski definition) is 2. The lowest BCUT2D eigenvalue weighted by Gasteiger charge is -2.31. The maximum Gasteiger partial charge on any atom is 0.271 e. The smallest absolute Gasteiger partial charge is 0.271 e. The average molecular weight is 248 g/mol. The third-order valence-electron chi connectivity index (χ3n) is 3.44. The van der Waals surface area contributed by atoms with Crippen LogP contribution in [0.3, 0.4) is 0 Å². The van der Waals surface area contributed by atoms with Crippen molar-refractivity contribution < 1.29 is 4.79 Å².